The molecular weight excluding hydrogens is 373 g/mol. The predicted molar refractivity (Wildman–Crippen MR) is 103 cm³/mol. The van der Waals surface area contributed by atoms with E-state index < -0.39 is 0 Å². The Morgan fingerprint density at radius 3 is 2.62 bits per heavy atom. The van der Waals surface area contributed by atoms with Gasteiger partial charge in [-0.2, -0.15) is 0 Å². The number of benzene rings is 1. The molecule has 1 aromatic carbocycles. The van der Waals surface area contributed by atoms with E-state index in [9.17, 15) is 14.0 Å². The lowest BCUT2D eigenvalue weighted by Crippen LogP contribution is -2.32. The molecule has 3 aromatic rings. The van der Waals surface area contributed by atoms with E-state index in [1.807, 2.05) is 12.3 Å². The number of thiazole rings is 1. The van der Waals surface area contributed by atoms with E-state index in [2.05, 4.69) is 10.3 Å². The van der Waals surface area contributed by atoms with Crippen LogP contribution in [0.2, 0.25) is 0 Å². The molecule has 0 aliphatic rings. The van der Waals surface area contributed by atoms with Crippen molar-refractivity contribution >= 4 is 45.3 Å². The minimum atomic E-state index is -0.345. The summed E-state index contributed by atoms with van der Waals surface area (Å²) >= 11 is 2.63. The van der Waals surface area contributed by atoms with E-state index in [0.29, 0.717) is 27.9 Å². The third-order valence-electron chi connectivity index (χ3n) is 3.61. The van der Waals surface area contributed by atoms with Crippen molar-refractivity contribution in [3.05, 3.63) is 63.5 Å². The maximum atomic E-state index is 13.1. The second kappa shape index (κ2) is 8.20. The smallest absolute Gasteiger partial charge is 0.267 e. The average molecular weight is 389 g/mol. The largest absolute Gasteiger partial charge is 0.312 e. The molecule has 0 fully saturated rings. The van der Waals surface area contributed by atoms with Crippen molar-refractivity contribution in [1.82, 2.24) is 4.98 Å². The zero-order chi connectivity index (χ0) is 18.5. The minimum absolute atomic E-state index is 0.108. The number of carbonyl (C=O) groups is 2. The zero-order valence-electron chi connectivity index (χ0n) is 13.9. The first kappa shape index (κ1) is 18.2. The lowest BCUT2D eigenvalue weighted by atomic mass is 10.2. The highest BCUT2D eigenvalue weighted by Crippen LogP contribution is 2.20. The number of hydrogen-bond acceptors (Lipinski definition) is 5. The van der Waals surface area contributed by atoms with E-state index in [0.717, 1.165) is 0 Å². The Morgan fingerprint density at radius 2 is 1.96 bits per heavy atom. The Bertz CT molecular complexity index is 892. The van der Waals surface area contributed by atoms with Gasteiger partial charge >= 0.3 is 0 Å². The molecule has 0 aliphatic heterocycles. The van der Waals surface area contributed by atoms with Gasteiger partial charge in [-0.1, -0.05) is 6.07 Å². The van der Waals surface area contributed by atoms with Gasteiger partial charge in [-0.3, -0.25) is 14.9 Å². The molecule has 0 saturated carbocycles. The van der Waals surface area contributed by atoms with Gasteiger partial charge in [-0.15, -0.1) is 22.7 Å². The van der Waals surface area contributed by atoms with Crippen molar-refractivity contribution in [2.75, 3.05) is 16.8 Å². The van der Waals surface area contributed by atoms with Crippen molar-refractivity contribution in [2.45, 2.75) is 13.3 Å². The van der Waals surface area contributed by atoms with E-state index in [4.69, 9.17) is 0 Å². The van der Waals surface area contributed by atoms with Crippen molar-refractivity contribution in [1.29, 1.82) is 0 Å². The Labute approximate surface area is 158 Å². The standard InChI is InChI=1S/C18H16FN3O2S2/c1-2-22(14-7-5-12(19)6-8-14)16(23)10-13-11-26-18(20-13)21-17(24)15-4-3-9-25-15/h3-9,11H,2,10H2,1H3,(H,20,21,24). The quantitative estimate of drug-likeness (QED) is 0.688. The van der Waals surface area contributed by atoms with Gasteiger partial charge in [0.2, 0.25) is 5.91 Å². The number of anilines is 2. The summed E-state index contributed by atoms with van der Waals surface area (Å²) in [5.41, 5.74) is 1.22. The Morgan fingerprint density at radius 1 is 1.19 bits per heavy atom. The van der Waals surface area contributed by atoms with Crippen LogP contribution in [0.1, 0.15) is 22.3 Å². The van der Waals surface area contributed by atoms with Gasteiger partial charge in [0.05, 0.1) is 17.0 Å². The molecule has 0 radical (unpaired) electrons. The molecule has 8 heteroatoms. The van der Waals surface area contributed by atoms with Crippen molar-refractivity contribution in [2.24, 2.45) is 0 Å². The fourth-order valence-electron chi connectivity index (χ4n) is 2.39. The number of nitrogens with one attached hydrogen (secondary N) is 1. The Kier molecular flexibility index (Phi) is 5.75. The van der Waals surface area contributed by atoms with Crippen LogP contribution in [0.15, 0.2) is 47.2 Å². The summed E-state index contributed by atoms with van der Waals surface area (Å²) in [7, 11) is 0. The molecule has 0 atom stereocenters. The van der Waals surface area contributed by atoms with Gasteiger partial charge in [0.15, 0.2) is 5.13 Å². The maximum absolute atomic E-state index is 13.1. The van der Waals surface area contributed by atoms with Crippen LogP contribution in [-0.4, -0.2) is 23.3 Å². The zero-order valence-corrected chi connectivity index (χ0v) is 15.6. The lowest BCUT2D eigenvalue weighted by Gasteiger charge is -2.20. The third kappa shape index (κ3) is 4.33. The summed E-state index contributed by atoms with van der Waals surface area (Å²) in [5, 5.41) is 6.77. The van der Waals surface area contributed by atoms with Gasteiger partial charge < -0.3 is 4.90 Å². The van der Waals surface area contributed by atoms with Crippen LogP contribution in [0, 0.1) is 5.82 Å². The molecular formula is C18H16FN3O2S2. The number of rotatable bonds is 6. The number of carbonyl (C=O) groups excluding carboxylic acids is 2. The Balaban J connectivity index is 1.65. The molecule has 1 N–H and O–H groups in total. The van der Waals surface area contributed by atoms with Crippen molar-refractivity contribution in [3.63, 3.8) is 0 Å². The van der Waals surface area contributed by atoms with Crippen molar-refractivity contribution in [3.8, 4) is 0 Å². The number of halogens is 1. The number of nitrogens with zero attached hydrogens (tertiary/aromatic N) is 2. The number of aromatic nitrogens is 1. The fraction of sp³-hybridized carbons (Fsp3) is 0.167. The molecule has 26 heavy (non-hydrogen) atoms. The molecule has 3 rings (SSSR count). The van der Waals surface area contributed by atoms with Crippen LogP contribution < -0.4 is 10.2 Å². The molecule has 134 valence electrons. The Hall–Kier alpha value is -2.58. The van der Waals surface area contributed by atoms with Crippen LogP contribution in [0.25, 0.3) is 0 Å². The number of thiophene rings is 1. The molecule has 0 unspecified atom stereocenters. The van der Waals surface area contributed by atoms with Crippen LogP contribution in [0.5, 0.6) is 0 Å². The topological polar surface area (TPSA) is 62.3 Å². The molecule has 0 aliphatic carbocycles. The van der Waals surface area contributed by atoms with Gasteiger partial charge in [0, 0.05) is 17.6 Å². The fourth-order valence-corrected chi connectivity index (χ4v) is 3.71. The van der Waals surface area contributed by atoms with Crippen LogP contribution >= 0.6 is 22.7 Å². The molecule has 2 aromatic heterocycles. The van der Waals surface area contributed by atoms with E-state index in [1.165, 1.54) is 34.8 Å². The van der Waals surface area contributed by atoms with E-state index in [-0.39, 0.29) is 24.1 Å². The van der Waals surface area contributed by atoms with E-state index >= 15 is 0 Å². The van der Waals surface area contributed by atoms with Crippen LogP contribution in [-0.2, 0) is 11.2 Å². The molecule has 0 spiro atoms. The first-order valence-electron chi connectivity index (χ1n) is 7.92. The highest BCUT2D eigenvalue weighted by Gasteiger charge is 2.17. The monoisotopic (exact) mass is 389 g/mol. The van der Waals surface area contributed by atoms with Gasteiger partial charge in [-0.05, 0) is 42.6 Å². The first-order chi connectivity index (χ1) is 12.6. The second-order valence-corrected chi connectivity index (χ2v) is 7.17. The van der Waals surface area contributed by atoms with Gasteiger partial charge in [0.25, 0.3) is 5.91 Å². The number of amides is 2. The molecule has 2 heterocycles. The summed E-state index contributed by atoms with van der Waals surface area (Å²) in [4.78, 5) is 31.1. The van der Waals surface area contributed by atoms with E-state index in [1.54, 1.807) is 34.5 Å². The van der Waals surface area contributed by atoms with Crippen LogP contribution in [0.4, 0.5) is 15.2 Å². The number of hydrogen-bond donors (Lipinski definition) is 1. The summed E-state index contributed by atoms with van der Waals surface area (Å²) in [5.74, 6) is -0.697. The summed E-state index contributed by atoms with van der Waals surface area (Å²) in [6.07, 6.45) is 0.108. The highest BCUT2D eigenvalue weighted by atomic mass is 32.1. The molecule has 0 saturated heterocycles. The minimum Gasteiger partial charge on any atom is -0.312 e. The molecule has 0 bridgehead atoms. The van der Waals surface area contributed by atoms with Gasteiger partial charge in [0.1, 0.15) is 5.82 Å². The summed E-state index contributed by atoms with van der Waals surface area (Å²) in [6, 6.07) is 9.34. The second-order valence-electron chi connectivity index (χ2n) is 5.37. The first-order valence-corrected chi connectivity index (χ1v) is 9.68. The number of likely N-dealkylation sites (N-methyl/N-ethyl adjacent to an activating group) is 1. The SMILES string of the molecule is CCN(C(=O)Cc1csc(NC(=O)c2cccs2)n1)c1ccc(F)cc1. The van der Waals surface area contributed by atoms with Crippen LogP contribution in [0.3, 0.4) is 0 Å². The highest BCUT2D eigenvalue weighted by molar-refractivity contribution is 7.14. The molecule has 5 nitrogen and oxygen atoms in total. The third-order valence-corrected chi connectivity index (χ3v) is 5.28. The molecule has 2 amide bonds. The summed E-state index contributed by atoms with van der Waals surface area (Å²) < 4.78 is 13.1. The summed E-state index contributed by atoms with van der Waals surface area (Å²) in [6.45, 7) is 2.32. The van der Waals surface area contributed by atoms with Gasteiger partial charge in [-0.25, -0.2) is 9.37 Å². The lowest BCUT2D eigenvalue weighted by molar-refractivity contribution is -0.118. The average Bonchev–Trinajstić information content (AvgIpc) is 3.29. The van der Waals surface area contributed by atoms with Crippen molar-refractivity contribution < 1.29 is 14.0 Å². The predicted octanol–water partition coefficient (Wildman–Crippen LogP) is 4.19. The maximum Gasteiger partial charge on any atom is 0.267 e. The normalized spacial score (nSPS) is 10.5.